The highest BCUT2D eigenvalue weighted by molar-refractivity contribution is 9.10. The molecule has 0 spiro atoms. The van der Waals surface area contributed by atoms with Crippen molar-refractivity contribution >= 4 is 27.7 Å². The second-order valence-electron chi connectivity index (χ2n) is 3.72. The molecule has 96 valence electrons. The van der Waals surface area contributed by atoms with Crippen molar-refractivity contribution in [1.82, 2.24) is 5.32 Å². The van der Waals surface area contributed by atoms with E-state index in [4.69, 9.17) is 0 Å². The Kier molecular flexibility index (Phi) is 6.44. The van der Waals surface area contributed by atoms with E-state index < -0.39 is 11.6 Å². The number of halogens is 3. The topological polar surface area (TPSA) is 12.0 Å². The molecule has 0 amide bonds. The van der Waals surface area contributed by atoms with Gasteiger partial charge in [-0.3, -0.25) is 0 Å². The first-order chi connectivity index (χ1) is 8.11. The molecule has 0 radical (unpaired) electrons. The molecule has 0 heterocycles. The third kappa shape index (κ3) is 3.93. The molecule has 0 bridgehead atoms. The molecule has 1 aromatic rings. The molecule has 0 aliphatic carbocycles. The Balaban J connectivity index is 3.03. The van der Waals surface area contributed by atoms with Crippen molar-refractivity contribution in [2.45, 2.75) is 19.4 Å². The summed E-state index contributed by atoms with van der Waals surface area (Å²) < 4.78 is 28.0. The summed E-state index contributed by atoms with van der Waals surface area (Å²) in [6.07, 6.45) is 2.86. The number of hydrogen-bond acceptors (Lipinski definition) is 2. The van der Waals surface area contributed by atoms with E-state index in [1.807, 2.05) is 13.2 Å². The van der Waals surface area contributed by atoms with Crippen LogP contribution < -0.4 is 5.32 Å². The second kappa shape index (κ2) is 7.34. The van der Waals surface area contributed by atoms with Crippen LogP contribution in [0.5, 0.6) is 0 Å². The summed E-state index contributed by atoms with van der Waals surface area (Å²) in [6.45, 7) is 2.77. The van der Waals surface area contributed by atoms with Crippen LogP contribution in [0.4, 0.5) is 8.78 Å². The lowest BCUT2D eigenvalue weighted by molar-refractivity contribution is 0.489. The first-order valence-electron chi connectivity index (χ1n) is 5.47. The van der Waals surface area contributed by atoms with E-state index >= 15 is 0 Å². The van der Waals surface area contributed by atoms with Gasteiger partial charge in [0.1, 0.15) is 11.6 Å². The molecule has 1 atom stereocenters. The Bertz CT molecular complexity index is 374. The zero-order valence-electron chi connectivity index (χ0n) is 9.90. The summed E-state index contributed by atoms with van der Waals surface area (Å²) in [5.74, 6) is -0.356. The van der Waals surface area contributed by atoms with E-state index in [-0.39, 0.29) is 11.6 Å². The average Bonchev–Trinajstić information content (AvgIpc) is 2.31. The molecule has 5 heteroatoms. The van der Waals surface area contributed by atoms with E-state index in [1.165, 1.54) is 12.1 Å². The highest BCUT2D eigenvalue weighted by Gasteiger charge is 2.21. The van der Waals surface area contributed by atoms with Crippen LogP contribution in [-0.4, -0.2) is 18.6 Å². The monoisotopic (exact) mass is 323 g/mol. The first kappa shape index (κ1) is 14.9. The Morgan fingerprint density at radius 3 is 2.71 bits per heavy atom. The van der Waals surface area contributed by atoms with Gasteiger partial charge in [0.25, 0.3) is 0 Å². The third-order valence-electron chi connectivity index (χ3n) is 2.40. The van der Waals surface area contributed by atoms with Crippen molar-refractivity contribution in [2.24, 2.45) is 0 Å². The summed E-state index contributed by atoms with van der Waals surface area (Å²) in [6, 6.07) is 2.40. The maximum Gasteiger partial charge on any atom is 0.145 e. The van der Waals surface area contributed by atoms with Crippen LogP contribution in [0.1, 0.15) is 24.9 Å². The Hall–Kier alpha value is -0.130. The molecular formula is C12H16BrF2NS. The number of hydrogen-bond donors (Lipinski definition) is 1. The average molecular weight is 324 g/mol. The van der Waals surface area contributed by atoms with Crippen LogP contribution in [0.15, 0.2) is 16.6 Å². The van der Waals surface area contributed by atoms with Gasteiger partial charge in [0.2, 0.25) is 0 Å². The Morgan fingerprint density at radius 1 is 1.41 bits per heavy atom. The van der Waals surface area contributed by atoms with Gasteiger partial charge in [-0.15, -0.1) is 0 Å². The summed E-state index contributed by atoms with van der Waals surface area (Å²) in [5.41, 5.74) is 0.127. The van der Waals surface area contributed by atoms with Gasteiger partial charge in [0.05, 0.1) is 4.47 Å². The molecule has 0 aliphatic rings. The zero-order valence-corrected chi connectivity index (χ0v) is 12.3. The van der Waals surface area contributed by atoms with Crippen LogP contribution in [0.2, 0.25) is 0 Å². The fourth-order valence-electron chi connectivity index (χ4n) is 1.59. The smallest absolute Gasteiger partial charge is 0.145 e. The van der Waals surface area contributed by atoms with E-state index in [0.717, 1.165) is 13.0 Å². The SMILES string of the molecule is CCCNC(CSC)c1c(F)ccc(Br)c1F. The highest BCUT2D eigenvalue weighted by Crippen LogP contribution is 2.28. The van der Waals surface area contributed by atoms with Crippen molar-refractivity contribution < 1.29 is 8.78 Å². The molecular weight excluding hydrogens is 308 g/mol. The van der Waals surface area contributed by atoms with Gasteiger partial charge in [-0.05, 0) is 47.3 Å². The van der Waals surface area contributed by atoms with Crippen molar-refractivity contribution in [3.63, 3.8) is 0 Å². The Labute approximate surface area is 113 Å². The minimum absolute atomic E-state index is 0.127. The fourth-order valence-corrected chi connectivity index (χ4v) is 2.56. The normalized spacial score (nSPS) is 12.8. The minimum Gasteiger partial charge on any atom is -0.309 e. The van der Waals surface area contributed by atoms with E-state index in [2.05, 4.69) is 21.2 Å². The number of benzene rings is 1. The number of rotatable bonds is 6. The van der Waals surface area contributed by atoms with Crippen molar-refractivity contribution in [2.75, 3.05) is 18.6 Å². The van der Waals surface area contributed by atoms with E-state index in [1.54, 1.807) is 11.8 Å². The number of nitrogens with one attached hydrogen (secondary N) is 1. The predicted octanol–water partition coefficient (Wildman–Crippen LogP) is 4.13. The lowest BCUT2D eigenvalue weighted by Crippen LogP contribution is -2.26. The van der Waals surface area contributed by atoms with Gasteiger partial charge >= 0.3 is 0 Å². The largest absolute Gasteiger partial charge is 0.309 e. The molecule has 1 aromatic carbocycles. The highest BCUT2D eigenvalue weighted by atomic mass is 79.9. The lowest BCUT2D eigenvalue weighted by Gasteiger charge is -2.19. The molecule has 1 unspecified atom stereocenters. The van der Waals surface area contributed by atoms with Crippen molar-refractivity contribution in [3.8, 4) is 0 Å². The lowest BCUT2D eigenvalue weighted by atomic mass is 10.1. The van der Waals surface area contributed by atoms with Crippen molar-refractivity contribution in [3.05, 3.63) is 33.8 Å². The van der Waals surface area contributed by atoms with Crippen LogP contribution in [0, 0.1) is 11.6 Å². The molecule has 1 N–H and O–H groups in total. The molecule has 0 saturated carbocycles. The van der Waals surface area contributed by atoms with Gasteiger partial charge in [0.15, 0.2) is 0 Å². The molecule has 0 fully saturated rings. The minimum atomic E-state index is -0.507. The number of thioether (sulfide) groups is 1. The van der Waals surface area contributed by atoms with E-state index in [0.29, 0.717) is 10.2 Å². The molecule has 0 aromatic heterocycles. The molecule has 0 aliphatic heterocycles. The maximum atomic E-state index is 13.9. The van der Waals surface area contributed by atoms with Crippen LogP contribution in [-0.2, 0) is 0 Å². The van der Waals surface area contributed by atoms with Crippen LogP contribution in [0.25, 0.3) is 0 Å². The predicted molar refractivity (Wildman–Crippen MR) is 73.5 cm³/mol. The third-order valence-corrected chi connectivity index (χ3v) is 3.68. The second-order valence-corrected chi connectivity index (χ2v) is 5.48. The summed E-state index contributed by atoms with van der Waals surface area (Å²) in [7, 11) is 0. The van der Waals surface area contributed by atoms with Gasteiger partial charge in [-0.1, -0.05) is 6.92 Å². The quantitative estimate of drug-likeness (QED) is 0.790. The standard InChI is InChI=1S/C12H16BrF2NS/c1-3-6-16-10(7-17-2)11-9(14)5-4-8(13)12(11)15/h4-5,10,16H,3,6-7H2,1-2H3. The van der Waals surface area contributed by atoms with Gasteiger partial charge < -0.3 is 5.32 Å². The molecule has 1 rings (SSSR count). The molecule has 1 nitrogen and oxygen atoms in total. The molecule has 0 saturated heterocycles. The summed E-state index contributed by atoms with van der Waals surface area (Å²) in [4.78, 5) is 0. The van der Waals surface area contributed by atoms with Crippen LogP contribution >= 0.6 is 27.7 Å². The van der Waals surface area contributed by atoms with Gasteiger partial charge in [0, 0.05) is 17.4 Å². The first-order valence-corrected chi connectivity index (χ1v) is 7.66. The maximum absolute atomic E-state index is 13.9. The molecule has 17 heavy (non-hydrogen) atoms. The van der Waals surface area contributed by atoms with Gasteiger partial charge in [-0.2, -0.15) is 11.8 Å². The van der Waals surface area contributed by atoms with Crippen molar-refractivity contribution in [1.29, 1.82) is 0 Å². The summed E-state index contributed by atoms with van der Waals surface area (Å²) >= 11 is 4.66. The van der Waals surface area contributed by atoms with Gasteiger partial charge in [-0.25, -0.2) is 8.78 Å². The Morgan fingerprint density at radius 2 is 2.12 bits per heavy atom. The van der Waals surface area contributed by atoms with E-state index in [9.17, 15) is 8.78 Å². The summed E-state index contributed by atoms with van der Waals surface area (Å²) in [5, 5.41) is 3.17. The fraction of sp³-hybridized carbons (Fsp3) is 0.500. The zero-order chi connectivity index (χ0) is 12.8. The van der Waals surface area contributed by atoms with Crippen LogP contribution in [0.3, 0.4) is 0 Å².